The zero-order valence-electron chi connectivity index (χ0n) is 13.4. The first-order chi connectivity index (χ1) is 11.0. The van der Waals surface area contributed by atoms with E-state index in [1.54, 1.807) is 13.0 Å². The molecule has 1 rings (SSSR count). The smallest absolute Gasteiger partial charge is 0.222 e. The maximum atomic E-state index is 8.50. The van der Waals surface area contributed by atoms with Crippen LogP contribution in [0.3, 0.4) is 0 Å². The van der Waals surface area contributed by atoms with Crippen LogP contribution in [0.25, 0.3) is 0 Å². The van der Waals surface area contributed by atoms with Crippen molar-refractivity contribution in [1.82, 2.24) is 0 Å². The highest BCUT2D eigenvalue weighted by molar-refractivity contribution is 6.55. The maximum Gasteiger partial charge on any atom is 0.222 e. The van der Waals surface area contributed by atoms with E-state index in [2.05, 4.69) is 5.16 Å². The van der Waals surface area contributed by atoms with E-state index in [-0.39, 0.29) is 10.4 Å². The fourth-order valence-corrected chi connectivity index (χ4v) is 2.05. The number of hydrogen-bond acceptors (Lipinski definition) is 5. The van der Waals surface area contributed by atoms with Crippen LogP contribution in [0.15, 0.2) is 27.9 Å². The molecule has 0 radical (unpaired) electrons. The van der Waals surface area contributed by atoms with Gasteiger partial charge in [0.1, 0.15) is 35.8 Å². The molecular weight excluding hydrogens is 341 g/mol. The lowest BCUT2D eigenvalue weighted by Crippen LogP contribution is -2.11. The van der Waals surface area contributed by atoms with E-state index < -0.39 is 0 Å². The van der Waals surface area contributed by atoms with Crippen LogP contribution in [-0.2, 0) is 11.2 Å². The molecule has 0 aliphatic rings. The molecule has 23 heavy (non-hydrogen) atoms. The van der Waals surface area contributed by atoms with Crippen LogP contribution in [0, 0.1) is 6.92 Å². The average Bonchev–Trinajstić information content (AvgIpc) is 2.51. The average molecular weight is 362 g/mol. The van der Waals surface area contributed by atoms with Crippen molar-refractivity contribution in [2.24, 2.45) is 5.16 Å². The Hall–Kier alpha value is -1.59. The summed E-state index contributed by atoms with van der Waals surface area (Å²) in [5.41, 5.74) is 2.00. The van der Waals surface area contributed by atoms with Gasteiger partial charge in [0.05, 0.1) is 0 Å². The van der Waals surface area contributed by atoms with Crippen molar-refractivity contribution in [3.8, 4) is 11.5 Å². The minimum Gasteiger partial charge on any atom is -0.489 e. The fourth-order valence-electron chi connectivity index (χ4n) is 1.93. The molecule has 0 saturated carbocycles. The summed E-state index contributed by atoms with van der Waals surface area (Å²) >= 11 is 11.1. The Labute approximate surface area is 146 Å². The predicted octanol–water partition coefficient (Wildman–Crippen LogP) is 4.46. The summed E-state index contributed by atoms with van der Waals surface area (Å²) < 4.78 is 16.7. The molecule has 0 saturated heterocycles. The monoisotopic (exact) mass is 361 g/mol. The van der Waals surface area contributed by atoms with Crippen molar-refractivity contribution in [3.63, 3.8) is 0 Å². The van der Waals surface area contributed by atoms with E-state index in [1.165, 1.54) is 0 Å². The molecule has 0 fully saturated rings. The zero-order valence-corrected chi connectivity index (χ0v) is 14.9. The van der Waals surface area contributed by atoms with E-state index in [0.29, 0.717) is 19.8 Å². The van der Waals surface area contributed by atoms with Crippen molar-refractivity contribution < 1.29 is 19.4 Å². The lowest BCUT2D eigenvalue weighted by Gasteiger charge is -2.15. The highest BCUT2D eigenvalue weighted by atomic mass is 35.5. The van der Waals surface area contributed by atoms with E-state index in [9.17, 15) is 0 Å². The van der Waals surface area contributed by atoms with Gasteiger partial charge in [0.2, 0.25) is 5.90 Å². The number of aryl methyl sites for hydroxylation is 2. The lowest BCUT2D eigenvalue weighted by atomic mass is 10.1. The fraction of sp³-hybridized carbons (Fsp3) is 0.438. The van der Waals surface area contributed by atoms with Crippen LogP contribution in [0.1, 0.15) is 25.0 Å². The number of rotatable bonds is 8. The van der Waals surface area contributed by atoms with Gasteiger partial charge in [-0.1, -0.05) is 35.3 Å². The van der Waals surface area contributed by atoms with E-state index in [0.717, 1.165) is 29.0 Å². The van der Waals surface area contributed by atoms with Crippen LogP contribution < -0.4 is 9.47 Å². The van der Waals surface area contributed by atoms with Crippen molar-refractivity contribution in [2.45, 2.75) is 27.2 Å². The molecule has 0 atom stereocenters. The van der Waals surface area contributed by atoms with Gasteiger partial charge < -0.3 is 19.4 Å². The minimum absolute atomic E-state index is 0.180. The van der Waals surface area contributed by atoms with Gasteiger partial charge in [0, 0.05) is 6.92 Å². The molecule has 1 aromatic rings. The molecule has 1 N–H and O–H groups in total. The van der Waals surface area contributed by atoms with Crippen molar-refractivity contribution in [3.05, 3.63) is 33.8 Å². The van der Waals surface area contributed by atoms with E-state index in [1.807, 2.05) is 26.0 Å². The third-order valence-electron chi connectivity index (χ3n) is 2.98. The number of oxime groups is 1. The number of hydrogen-bond donors (Lipinski definition) is 1. The molecule has 1 aromatic carbocycles. The first-order valence-electron chi connectivity index (χ1n) is 7.19. The topological polar surface area (TPSA) is 60.3 Å². The highest BCUT2D eigenvalue weighted by Gasteiger charge is 2.09. The molecule has 0 amide bonds. The number of ether oxygens (including phenoxy) is 3. The Bertz CT molecular complexity index is 569. The van der Waals surface area contributed by atoms with Gasteiger partial charge in [-0.25, -0.2) is 0 Å². The predicted molar refractivity (Wildman–Crippen MR) is 92.2 cm³/mol. The molecule has 0 spiro atoms. The van der Waals surface area contributed by atoms with Gasteiger partial charge in [0.25, 0.3) is 0 Å². The Morgan fingerprint density at radius 3 is 2.61 bits per heavy atom. The molecule has 0 heterocycles. The number of nitrogens with zero attached hydrogens (tertiary/aromatic N) is 1. The second-order valence-electron chi connectivity index (χ2n) is 4.70. The Morgan fingerprint density at radius 2 is 2.00 bits per heavy atom. The maximum absolute atomic E-state index is 8.50. The van der Waals surface area contributed by atoms with Gasteiger partial charge in [-0.3, -0.25) is 0 Å². The van der Waals surface area contributed by atoms with Gasteiger partial charge in [-0.05, 0) is 42.7 Å². The molecule has 7 heteroatoms. The Kier molecular flexibility index (Phi) is 8.66. The summed E-state index contributed by atoms with van der Waals surface area (Å²) in [7, 11) is 0. The minimum atomic E-state index is 0.180. The van der Waals surface area contributed by atoms with Crippen molar-refractivity contribution in [1.29, 1.82) is 0 Å². The van der Waals surface area contributed by atoms with E-state index >= 15 is 0 Å². The van der Waals surface area contributed by atoms with E-state index in [4.69, 9.17) is 42.6 Å². The molecule has 0 aliphatic heterocycles. The van der Waals surface area contributed by atoms with Gasteiger partial charge in [-0.2, -0.15) is 0 Å². The second-order valence-corrected chi connectivity index (χ2v) is 5.71. The summed E-state index contributed by atoms with van der Waals surface area (Å²) in [5, 5.41) is 11.4. The first-order valence-corrected chi connectivity index (χ1v) is 7.95. The summed E-state index contributed by atoms with van der Waals surface area (Å²) in [5.74, 6) is 1.75. The van der Waals surface area contributed by atoms with Crippen LogP contribution in [0.4, 0.5) is 0 Å². The van der Waals surface area contributed by atoms with Gasteiger partial charge >= 0.3 is 0 Å². The van der Waals surface area contributed by atoms with Crippen LogP contribution in [0.5, 0.6) is 11.5 Å². The van der Waals surface area contributed by atoms with Crippen molar-refractivity contribution >= 4 is 29.1 Å². The summed E-state index contributed by atoms with van der Waals surface area (Å²) in [6.07, 6.45) is 2.38. The number of halogens is 2. The third kappa shape index (κ3) is 7.01. The number of benzene rings is 1. The molecule has 0 aromatic heterocycles. The molecular formula is C16H21Cl2NO4. The van der Waals surface area contributed by atoms with Crippen LogP contribution >= 0.6 is 23.2 Å². The first kappa shape index (κ1) is 19.5. The lowest BCUT2D eigenvalue weighted by molar-refractivity contribution is 0.193. The molecule has 0 bridgehead atoms. The molecule has 5 nitrogen and oxygen atoms in total. The molecule has 0 unspecified atom stereocenters. The van der Waals surface area contributed by atoms with Crippen LogP contribution in [0.2, 0.25) is 0 Å². The van der Waals surface area contributed by atoms with Crippen molar-refractivity contribution in [2.75, 3.05) is 19.8 Å². The quantitative estimate of drug-likeness (QED) is 0.244. The third-order valence-corrected chi connectivity index (χ3v) is 3.28. The zero-order chi connectivity index (χ0) is 17.2. The van der Waals surface area contributed by atoms with Gasteiger partial charge in [0.15, 0.2) is 0 Å². The normalized spacial score (nSPS) is 11.1. The standard InChI is InChI=1S/C16H21Cl2NO4/c1-4-13-10-14(22-6-5-15(17)18)9-11(2)16(13)23-8-7-21-12(3)19-20/h5,9-10,20H,4,6-8H2,1-3H3. The Morgan fingerprint density at radius 1 is 1.26 bits per heavy atom. The summed E-state index contributed by atoms with van der Waals surface area (Å²) in [6, 6.07) is 3.82. The largest absolute Gasteiger partial charge is 0.489 e. The summed E-state index contributed by atoms with van der Waals surface area (Å²) in [4.78, 5) is 0. The molecule has 128 valence electrons. The Balaban J connectivity index is 2.70. The van der Waals surface area contributed by atoms with Crippen LogP contribution in [-0.4, -0.2) is 30.9 Å². The second kappa shape index (κ2) is 10.2. The molecule has 0 aliphatic carbocycles. The SMILES string of the molecule is CCc1cc(OCC=C(Cl)Cl)cc(C)c1OCCOC(C)=NO. The van der Waals surface area contributed by atoms with Gasteiger partial charge in [-0.15, -0.1) is 0 Å². The highest BCUT2D eigenvalue weighted by Crippen LogP contribution is 2.29. The summed E-state index contributed by atoms with van der Waals surface area (Å²) in [6.45, 7) is 6.52.